The highest BCUT2D eigenvalue weighted by molar-refractivity contribution is 6.03. The van der Waals surface area contributed by atoms with Crippen LogP contribution in [0.3, 0.4) is 0 Å². The molecule has 2 saturated heterocycles. The molecule has 0 atom stereocenters. The second kappa shape index (κ2) is 7.94. The number of anilines is 3. The maximum atomic E-state index is 13.1. The van der Waals surface area contributed by atoms with Crippen LogP contribution in [0.5, 0.6) is 0 Å². The number of hydrogen-bond donors (Lipinski definition) is 2. The predicted molar refractivity (Wildman–Crippen MR) is 109 cm³/mol. The van der Waals surface area contributed by atoms with E-state index in [0.717, 1.165) is 50.5 Å². The highest BCUT2D eigenvalue weighted by Gasteiger charge is 2.34. The summed E-state index contributed by atoms with van der Waals surface area (Å²) in [6, 6.07) is 4.02. The van der Waals surface area contributed by atoms with E-state index in [1.807, 2.05) is 12.3 Å². The number of hydrazine groups is 1. The van der Waals surface area contributed by atoms with Gasteiger partial charge in [0.05, 0.1) is 49.1 Å². The molecule has 29 heavy (non-hydrogen) atoms. The fourth-order valence-corrected chi connectivity index (χ4v) is 4.06. The van der Waals surface area contributed by atoms with Gasteiger partial charge in [-0.3, -0.25) is 14.8 Å². The van der Waals surface area contributed by atoms with E-state index in [0.29, 0.717) is 36.8 Å². The lowest BCUT2D eigenvalue weighted by Gasteiger charge is -2.34. The number of amides is 1. The standard InChI is InChI=1S/C20H25N7O2/c28-20-19-15(14-27(20)26-7-9-29-10-8-26)11-22-13-17(19)24-18-2-1-16(12-23-18)25-5-3-21-4-6-25/h1-2,11-13,21H,3-10,14H2,(H,23,24). The monoisotopic (exact) mass is 395 g/mol. The molecule has 5 rings (SSSR count). The number of aromatic nitrogens is 2. The molecule has 3 aliphatic rings. The Morgan fingerprint density at radius 3 is 2.62 bits per heavy atom. The van der Waals surface area contributed by atoms with Gasteiger partial charge in [0.1, 0.15) is 5.82 Å². The molecule has 9 nitrogen and oxygen atoms in total. The molecule has 2 aromatic heterocycles. The van der Waals surface area contributed by atoms with Crippen molar-refractivity contribution in [1.82, 2.24) is 25.3 Å². The highest BCUT2D eigenvalue weighted by Crippen LogP contribution is 2.31. The minimum Gasteiger partial charge on any atom is -0.379 e. The zero-order chi connectivity index (χ0) is 19.6. The lowest BCUT2D eigenvalue weighted by molar-refractivity contribution is -0.0699. The summed E-state index contributed by atoms with van der Waals surface area (Å²) < 4.78 is 5.41. The number of fused-ring (bicyclic) bond motifs is 1. The molecule has 2 N–H and O–H groups in total. The Kier molecular flexibility index (Phi) is 5.01. The van der Waals surface area contributed by atoms with Gasteiger partial charge in [-0.05, 0) is 12.1 Å². The molecule has 2 aromatic rings. The van der Waals surface area contributed by atoms with Gasteiger partial charge in [0.2, 0.25) is 0 Å². The Morgan fingerprint density at radius 1 is 1.03 bits per heavy atom. The minimum atomic E-state index is 0.00392. The minimum absolute atomic E-state index is 0.00392. The summed E-state index contributed by atoms with van der Waals surface area (Å²) in [4.78, 5) is 24.3. The molecular weight excluding hydrogens is 370 g/mol. The van der Waals surface area contributed by atoms with Crippen molar-refractivity contribution in [3.05, 3.63) is 41.9 Å². The third kappa shape index (κ3) is 3.64. The van der Waals surface area contributed by atoms with Gasteiger partial charge in [-0.1, -0.05) is 0 Å². The second-order valence-corrected chi connectivity index (χ2v) is 7.41. The van der Waals surface area contributed by atoms with Crippen LogP contribution in [0, 0.1) is 0 Å². The van der Waals surface area contributed by atoms with E-state index >= 15 is 0 Å². The van der Waals surface area contributed by atoms with Crippen LogP contribution in [0.4, 0.5) is 17.2 Å². The Morgan fingerprint density at radius 2 is 1.86 bits per heavy atom. The number of morpholine rings is 1. The normalized spacial score (nSPS) is 20.1. The number of nitrogens with one attached hydrogen (secondary N) is 2. The lowest BCUT2D eigenvalue weighted by Crippen LogP contribution is -2.48. The van der Waals surface area contributed by atoms with Crippen LogP contribution in [0.15, 0.2) is 30.7 Å². The number of rotatable bonds is 4. The van der Waals surface area contributed by atoms with Crippen LogP contribution in [0.2, 0.25) is 0 Å². The van der Waals surface area contributed by atoms with Gasteiger partial charge in [-0.25, -0.2) is 9.99 Å². The smallest absolute Gasteiger partial charge is 0.271 e. The largest absolute Gasteiger partial charge is 0.379 e. The van der Waals surface area contributed by atoms with Gasteiger partial charge in [0.25, 0.3) is 5.91 Å². The summed E-state index contributed by atoms with van der Waals surface area (Å²) in [7, 11) is 0. The maximum absolute atomic E-state index is 13.1. The van der Waals surface area contributed by atoms with Crippen molar-refractivity contribution in [2.24, 2.45) is 0 Å². The number of nitrogens with zero attached hydrogens (tertiary/aromatic N) is 5. The van der Waals surface area contributed by atoms with Gasteiger partial charge >= 0.3 is 0 Å². The molecule has 0 unspecified atom stereocenters. The van der Waals surface area contributed by atoms with Crippen LogP contribution in [-0.4, -0.2) is 78.4 Å². The summed E-state index contributed by atoms with van der Waals surface area (Å²) in [6.45, 7) is 7.24. The van der Waals surface area contributed by atoms with E-state index in [2.05, 4.69) is 36.6 Å². The second-order valence-electron chi connectivity index (χ2n) is 7.41. The summed E-state index contributed by atoms with van der Waals surface area (Å²) in [5, 5.41) is 10.5. The third-order valence-electron chi connectivity index (χ3n) is 5.61. The number of piperazine rings is 1. The molecule has 2 fully saturated rings. The summed E-state index contributed by atoms with van der Waals surface area (Å²) in [6.07, 6.45) is 5.36. The zero-order valence-electron chi connectivity index (χ0n) is 16.3. The van der Waals surface area contributed by atoms with Gasteiger partial charge < -0.3 is 20.3 Å². The quantitative estimate of drug-likeness (QED) is 0.788. The number of carbonyl (C=O) groups excluding carboxylic acids is 1. The lowest BCUT2D eigenvalue weighted by atomic mass is 10.1. The molecule has 0 aliphatic carbocycles. The van der Waals surface area contributed by atoms with E-state index in [1.165, 1.54) is 0 Å². The molecule has 0 saturated carbocycles. The third-order valence-corrected chi connectivity index (χ3v) is 5.61. The Hall–Kier alpha value is -2.75. The molecule has 9 heteroatoms. The SMILES string of the molecule is O=C1c2c(cncc2Nc2ccc(N3CCNCC3)cn2)CN1N1CCOCC1. The first kappa shape index (κ1) is 18.3. The van der Waals surface area contributed by atoms with Crippen LogP contribution in [-0.2, 0) is 11.3 Å². The number of carbonyl (C=O) groups is 1. The number of pyridine rings is 2. The molecule has 0 bridgehead atoms. The first-order valence-electron chi connectivity index (χ1n) is 10.1. The molecule has 152 valence electrons. The zero-order valence-corrected chi connectivity index (χ0v) is 16.3. The van der Waals surface area contributed by atoms with Crippen molar-refractivity contribution < 1.29 is 9.53 Å². The molecular formula is C20H25N7O2. The molecule has 0 aromatic carbocycles. The molecule has 5 heterocycles. The average molecular weight is 395 g/mol. The van der Waals surface area contributed by atoms with Crippen molar-refractivity contribution in [3.63, 3.8) is 0 Å². The Bertz CT molecular complexity index is 877. The average Bonchev–Trinajstić information content (AvgIpc) is 3.13. The molecule has 0 radical (unpaired) electrons. The van der Waals surface area contributed by atoms with Crippen molar-refractivity contribution in [2.75, 3.05) is 62.7 Å². The maximum Gasteiger partial charge on any atom is 0.271 e. The highest BCUT2D eigenvalue weighted by atomic mass is 16.5. The fraction of sp³-hybridized carbons (Fsp3) is 0.450. The van der Waals surface area contributed by atoms with Crippen molar-refractivity contribution in [1.29, 1.82) is 0 Å². The van der Waals surface area contributed by atoms with Gasteiger partial charge in [-0.2, -0.15) is 0 Å². The van der Waals surface area contributed by atoms with Gasteiger partial charge in [-0.15, -0.1) is 0 Å². The van der Waals surface area contributed by atoms with Crippen LogP contribution in [0.25, 0.3) is 0 Å². The summed E-state index contributed by atoms with van der Waals surface area (Å²) in [5.41, 5.74) is 3.43. The fourth-order valence-electron chi connectivity index (χ4n) is 4.06. The summed E-state index contributed by atoms with van der Waals surface area (Å²) >= 11 is 0. The Balaban J connectivity index is 1.33. The van der Waals surface area contributed by atoms with Gasteiger partial charge in [0.15, 0.2) is 0 Å². The topological polar surface area (TPSA) is 85.9 Å². The number of ether oxygens (including phenoxy) is 1. The van der Waals surface area contributed by atoms with Crippen molar-refractivity contribution in [3.8, 4) is 0 Å². The van der Waals surface area contributed by atoms with Crippen LogP contribution >= 0.6 is 0 Å². The van der Waals surface area contributed by atoms with E-state index in [9.17, 15) is 4.79 Å². The van der Waals surface area contributed by atoms with Crippen LogP contribution < -0.4 is 15.5 Å². The molecule has 3 aliphatic heterocycles. The predicted octanol–water partition coefficient (Wildman–Crippen LogP) is 0.833. The number of hydrogen-bond acceptors (Lipinski definition) is 8. The first-order chi connectivity index (χ1) is 14.3. The van der Waals surface area contributed by atoms with E-state index in [-0.39, 0.29) is 5.91 Å². The summed E-state index contributed by atoms with van der Waals surface area (Å²) in [5.74, 6) is 0.709. The molecule has 0 spiro atoms. The van der Waals surface area contributed by atoms with Gasteiger partial charge in [0, 0.05) is 51.0 Å². The van der Waals surface area contributed by atoms with E-state index in [4.69, 9.17) is 4.74 Å². The first-order valence-corrected chi connectivity index (χ1v) is 10.1. The van der Waals surface area contributed by atoms with E-state index in [1.54, 1.807) is 17.4 Å². The van der Waals surface area contributed by atoms with Crippen molar-refractivity contribution in [2.45, 2.75) is 6.54 Å². The van der Waals surface area contributed by atoms with Crippen LogP contribution in [0.1, 0.15) is 15.9 Å². The van der Waals surface area contributed by atoms with Crippen molar-refractivity contribution >= 4 is 23.1 Å². The van der Waals surface area contributed by atoms with E-state index < -0.39 is 0 Å². The Labute approximate surface area is 169 Å². The molecule has 1 amide bonds.